The molecule has 6 heteroatoms. The molecule has 0 spiro atoms. The molecule has 0 aliphatic carbocycles. The standard InChI is InChI=1S/C12H15ClN4S/c13-10-3-5-18-11(10)7-17-4-1-2-9(6-17)12-14-8-15-16-12/h3,5,8-9H,1-2,4,6-7H2,(H,14,15,16)/t9-/m0/s1. The summed E-state index contributed by atoms with van der Waals surface area (Å²) in [5, 5.41) is 9.87. The number of thiophene rings is 1. The van der Waals surface area contributed by atoms with E-state index in [1.807, 2.05) is 6.07 Å². The maximum atomic E-state index is 6.15. The monoisotopic (exact) mass is 282 g/mol. The van der Waals surface area contributed by atoms with Crippen LogP contribution in [0.4, 0.5) is 0 Å². The van der Waals surface area contributed by atoms with Gasteiger partial charge in [0, 0.05) is 23.9 Å². The Balaban J connectivity index is 1.66. The van der Waals surface area contributed by atoms with Crippen LogP contribution in [0.3, 0.4) is 0 Å². The lowest BCUT2D eigenvalue weighted by atomic mass is 9.97. The predicted molar refractivity (Wildman–Crippen MR) is 73.0 cm³/mol. The van der Waals surface area contributed by atoms with E-state index in [1.165, 1.54) is 17.7 Å². The Labute approximate surface area is 115 Å². The first-order valence-electron chi connectivity index (χ1n) is 6.12. The summed E-state index contributed by atoms with van der Waals surface area (Å²) in [6, 6.07) is 1.97. The Kier molecular flexibility index (Phi) is 3.63. The van der Waals surface area contributed by atoms with Gasteiger partial charge in [0.2, 0.25) is 0 Å². The average Bonchev–Trinajstić information content (AvgIpc) is 3.02. The molecule has 0 aromatic carbocycles. The molecular weight excluding hydrogens is 268 g/mol. The third kappa shape index (κ3) is 2.58. The minimum Gasteiger partial charge on any atom is -0.297 e. The minimum atomic E-state index is 0.472. The highest BCUT2D eigenvalue weighted by Gasteiger charge is 2.23. The smallest absolute Gasteiger partial charge is 0.137 e. The molecule has 0 bridgehead atoms. The van der Waals surface area contributed by atoms with Crippen molar-refractivity contribution in [2.45, 2.75) is 25.3 Å². The summed E-state index contributed by atoms with van der Waals surface area (Å²) >= 11 is 7.88. The lowest BCUT2D eigenvalue weighted by Crippen LogP contribution is -2.34. The number of nitrogens with one attached hydrogen (secondary N) is 1. The molecule has 2 aromatic rings. The van der Waals surface area contributed by atoms with E-state index in [0.717, 1.165) is 30.5 Å². The van der Waals surface area contributed by atoms with Crippen LogP contribution in [-0.4, -0.2) is 33.2 Å². The molecule has 0 amide bonds. The van der Waals surface area contributed by atoms with E-state index in [2.05, 4.69) is 25.5 Å². The van der Waals surface area contributed by atoms with Crippen molar-refractivity contribution in [1.82, 2.24) is 20.1 Å². The number of hydrogen-bond donors (Lipinski definition) is 1. The first kappa shape index (κ1) is 12.1. The summed E-state index contributed by atoms with van der Waals surface area (Å²) in [4.78, 5) is 7.98. The van der Waals surface area contributed by atoms with Crippen LogP contribution >= 0.6 is 22.9 Å². The topological polar surface area (TPSA) is 44.8 Å². The minimum absolute atomic E-state index is 0.472. The van der Waals surface area contributed by atoms with Crippen LogP contribution in [0.25, 0.3) is 0 Å². The molecule has 4 nitrogen and oxygen atoms in total. The van der Waals surface area contributed by atoms with Crippen molar-refractivity contribution < 1.29 is 0 Å². The maximum Gasteiger partial charge on any atom is 0.137 e. The van der Waals surface area contributed by atoms with Crippen LogP contribution < -0.4 is 0 Å². The number of nitrogens with zero attached hydrogens (tertiary/aromatic N) is 3. The largest absolute Gasteiger partial charge is 0.297 e. The zero-order chi connectivity index (χ0) is 12.4. The zero-order valence-electron chi connectivity index (χ0n) is 9.97. The summed E-state index contributed by atoms with van der Waals surface area (Å²) in [6.45, 7) is 3.11. The van der Waals surface area contributed by atoms with Crippen LogP contribution in [0.1, 0.15) is 29.5 Å². The molecule has 18 heavy (non-hydrogen) atoms. The number of likely N-dealkylation sites (tertiary alicyclic amines) is 1. The van der Waals surface area contributed by atoms with Gasteiger partial charge in [0.05, 0.1) is 5.02 Å². The Hall–Kier alpha value is -0.910. The summed E-state index contributed by atoms with van der Waals surface area (Å²) in [7, 11) is 0. The van der Waals surface area contributed by atoms with Gasteiger partial charge in [-0.15, -0.1) is 11.3 Å². The van der Waals surface area contributed by atoms with E-state index in [1.54, 1.807) is 17.7 Å². The van der Waals surface area contributed by atoms with Crippen molar-refractivity contribution in [2.75, 3.05) is 13.1 Å². The van der Waals surface area contributed by atoms with Crippen LogP contribution in [-0.2, 0) is 6.54 Å². The molecule has 1 N–H and O–H groups in total. The quantitative estimate of drug-likeness (QED) is 0.941. The highest BCUT2D eigenvalue weighted by Crippen LogP contribution is 2.28. The van der Waals surface area contributed by atoms with Crippen molar-refractivity contribution in [2.24, 2.45) is 0 Å². The van der Waals surface area contributed by atoms with E-state index < -0.39 is 0 Å². The lowest BCUT2D eigenvalue weighted by molar-refractivity contribution is 0.198. The molecule has 1 aliphatic rings. The number of piperidine rings is 1. The number of hydrogen-bond acceptors (Lipinski definition) is 4. The molecule has 0 unspecified atom stereocenters. The van der Waals surface area contributed by atoms with E-state index in [0.29, 0.717) is 5.92 Å². The SMILES string of the molecule is Clc1ccsc1CN1CCC[C@H](c2ncn[nH]2)C1. The maximum absolute atomic E-state index is 6.15. The van der Waals surface area contributed by atoms with Crippen molar-refractivity contribution >= 4 is 22.9 Å². The Morgan fingerprint density at radius 1 is 1.56 bits per heavy atom. The number of aromatic nitrogens is 3. The molecule has 1 aliphatic heterocycles. The van der Waals surface area contributed by atoms with Gasteiger partial charge in [-0.05, 0) is 30.8 Å². The zero-order valence-corrected chi connectivity index (χ0v) is 11.5. The summed E-state index contributed by atoms with van der Waals surface area (Å²) in [5.41, 5.74) is 0. The van der Waals surface area contributed by atoms with Crippen molar-refractivity contribution in [3.63, 3.8) is 0 Å². The fourth-order valence-electron chi connectivity index (χ4n) is 2.47. The lowest BCUT2D eigenvalue weighted by Gasteiger charge is -2.31. The molecule has 1 atom stereocenters. The van der Waals surface area contributed by atoms with Gasteiger partial charge in [-0.25, -0.2) is 4.98 Å². The summed E-state index contributed by atoms with van der Waals surface area (Å²) in [5.74, 6) is 1.48. The second-order valence-electron chi connectivity index (χ2n) is 4.64. The van der Waals surface area contributed by atoms with E-state index >= 15 is 0 Å². The van der Waals surface area contributed by atoms with Crippen LogP contribution in [0.15, 0.2) is 17.8 Å². The summed E-state index contributed by atoms with van der Waals surface area (Å²) in [6.07, 6.45) is 3.97. The molecule has 96 valence electrons. The molecule has 1 saturated heterocycles. The van der Waals surface area contributed by atoms with Gasteiger partial charge >= 0.3 is 0 Å². The normalized spacial score (nSPS) is 21.3. The molecule has 0 saturated carbocycles. The highest BCUT2D eigenvalue weighted by atomic mass is 35.5. The van der Waals surface area contributed by atoms with E-state index in [9.17, 15) is 0 Å². The Morgan fingerprint density at radius 3 is 3.22 bits per heavy atom. The molecule has 1 fully saturated rings. The molecule has 0 radical (unpaired) electrons. The van der Waals surface area contributed by atoms with Crippen molar-refractivity contribution in [1.29, 1.82) is 0 Å². The highest BCUT2D eigenvalue weighted by molar-refractivity contribution is 7.10. The third-order valence-electron chi connectivity index (χ3n) is 3.38. The van der Waals surface area contributed by atoms with E-state index in [-0.39, 0.29) is 0 Å². The Bertz CT molecular complexity index is 496. The predicted octanol–water partition coefficient (Wildman–Crippen LogP) is 2.90. The average molecular weight is 283 g/mol. The fourth-order valence-corrected chi connectivity index (χ4v) is 3.61. The van der Waals surface area contributed by atoms with Gasteiger partial charge in [0.1, 0.15) is 12.2 Å². The Morgan fingerprint density at radius 2 is 2.50 bits per heavy atom. The van der Waals surface area contributed by atoms with E-state index in [4.69, 9.17) is 11.6 Å². The third-order valence-corrected chi connectivity index (χ3v) is 4.76. The molecular formula is C12H15ClN4S. The molecule has 3 heterocycles. The summed E-state index contributed by atoms with van der Waals surface area (Å²) < 4.78 is 0. The van der Waals surface area contributed by atoms with Crippen LogP contribution in [0, 0.1) is 0 Å². The van der Waals surface area contributed by atoms with Gasteiger partial charge < -0.3 is 0 Å². The second kappa shape index (κ2) is 5.38. The molecule has 2 aromatic heterocycles. The fraction of sp³-hybridized carbons (Fsp3) is 0.500. The van der Waals surface area contributed by atoms with Crippen LogP contribution in [0.5, 0.6) is 0 Å². The van der Waals surface area contributed by atoms with Crippen molar-refractivity contribution in [3.05, 3.63) is 33.5 Å². The first-order chi connectivity index (χ1) is 8.83. The van der Waals surface area contributed by atoms with Gasteiger partial charge in [0.25, 0.3) is 0 Å². The number of aromatic amines is 1. The first-order valence-corrected chi connectivity index (χ1v) is 7.38. The molecule has 3 rings (SSSR count). The number of H-pyrrole nitrogens is 1. The van der Waals surface area contributed by atoms with Crippen LogP contribution in [0.2, 0.25) is 5.02 Å². The van der Waals surface area contributed by atoms with Gasteiger partial charge in [-0.1, -0.05) is 11.6 Å². The number of halogens is 1. The second-order valence-corrected chi connectivity index (χ2v) is 6.04. The van der Waals surface area contributed by atoms with Gasteiger partial charge in [0.15, 0.2) is 0 Å². The number of rotatable bonds is 3. The van der Waals surface area contributed by atoms with Gasteiger partial charge in [-0.2, -0.15) is 5.10 Å². The van der Waals surface area contributed by atoms with Crippen molar-refractivity contribution in [3.8, 4) is 0 Å². The van der Waals surface area contributed by atoms with Gasteiger partial charge in [-0.3, -0.25) is 10.00 Å².